The van der Waals surface area contributed by atoms with Gasteiger partial charge in [0, 0.05) is 27.2 Å². The third kappa shape index (κ3) is 3.24. The van der Waals surface area contributed by atoms with Crippen LogP contribution in [-0.2, 0) is 16.8 Å². The van der Waals surface area contributed by atoms with Crippen molar-refractivity contribution in [1.29, 1.82) is 0 Å². The molecule has 8 nitrogen and oxygen atoms in total. The highest BCUT2D eigenvalue weighted by atomic mass is 32.2. The number of aromatic nitrogens is 2. The molecule has 1 heterocycles. The molecule has 2 aromatic rings. The lowest BCUT2D eigenvalue weighted by molar-refractivity contribution is 0.501. The van der Waals surface area contributed by atoms with Gasteiger partial charge in [-0.05, 0) is 18.2 Å². The smallest absolute Gasteiger partial charge is 0.316 e. The van der Waals surface area contributed by atoms with Crippen LogP contribution in [-0.4, -0.2) is 42.9 Å². The van der Waals surface area contributed by atoms with Crippen LogP contribution < -0.4 is 15.8 Å². The monoisotopic (exact) mass is 330 g/mol. The summed E-state index contributed by atoms with van der Waals surface area (Å²) in [6.07, 6.45) is 0. The summed E-state index contributed by atoms with van der Waals surface area (Å²) in [5.41, 5.74) is -1.24. The highest BCUT2D eigenvalue weighted by molar-refractivity contribution is 7.87. The van der Waals surface area contributed by atoms with Gasteiger partial charge in [0.05, 0.1) is 11.0 Å². The molecule has 0 radical (unpaired) electrons. The van der Waals surface area contributed by atoms with Crippen LogP contribution in [0.2, 0.25) is 0 Å². The maximum absolute atomic E-state index is 13.2. The number of hydrogen-bond acceptors (Lipinski definition) is 4. The number of nitrogens with one attached hydrogen (secondary N) is 2. The number of fused-ring (bicyclic) bond motifs is 1. The number of hydrogen-bond donors (Lipinski definition) is 2. The second kappa shape index (κ2) is 5.99. The maximum Gasteiger partial charge on any atom is 0.316 e. The summed E-state index contributed by atoms with van der Waals surface area (Å²) in [6, 6.07) is 3.60. The van der Waals surface area contributed by atoms with Crippen molar-refractivity contribution in [2.24, 2.45) is 0 Å². The molecule has 1 aromatic carbocycles. The molecule has 0 atom stereocenters. The van der Waals surface area contributed by atoms with E-state index < -0.39 is 27.1 Å². The average molecular weight is 330 g/mol. The highest BCUT2D eigenvalue weighted by Crippen LogP contribution is 2.10. The van der Waals surface area contributed by atoms with E-state index in [1.165, 1.54) is 20.2 Å². The first-order chi connectivity index (χ1) is 10.2. The summed E-state index contributed by atoms with van der Waals surface area (Å²) in [5.74, 6) is -0.554. The van der Waals surface area contributed by atoms with Gasteiger partial charge in [-0.15, -0.1) is 0 Å². The van der Waals surface area contributed by atoms with Crippen LogP contribution in [0.5, 0.6) is 0 Å². The number of aromatic amines is 1. The molecule has 1 aromatic heterocycles. The first-order valence-corrected chi connectivity index (χ1v) is 7.76. The number of nitrogens with zero attached hydrogens (tertiary/aromatic N) is 2. The molecule has 120 valence electrons. The van der Waals surface area contributed by atoms with Crippen molar-refractivity contribution >= 4 is 21.2 Å². The summed E-state index contributed by atoms with van der Waals surface area (Å²) >= 11 is 0. The van der Waals surface area contributed by atoms with Gasteiger partial charge in [-0.2, -0.15) is 12.7 Å². The van der Waals surface area contributed by atoms with Crippen molar-refractivity contribution < 1.29 is 12.8 Å². The molecule has 22 heavy (non-hydrogen) atoms. The Morgan fingerprint density at radius 2 is 2.00 bits per heavy atom. The van der Waals surface area contributed by atoms with Gasteiger partial charge >= 0.3 is 11.1 Å². The van der Waals surface area contributed by atoms with Crippen molar-refractivity contribution in [2.45, 2.75) is 6.54 Å². The van der Waals surface area contributed by atoms with E-state index in [4.69, 9.17) is 0 Å². The molecule has 0 aliphatic rings. The van der Waals surface area contributed by atoms with Crippen LogP contribution in [0.3, 0.4) is 0 Å². The van der Waals surface area contributed by atoms with E-state index in [1.807, 2.05) is 0 Å². The summed E-state index contributed by atoms with van der Waals surface area (Å²) in [7, 11) is -0.907. The largest absolute Gasteiger partial charge is 0.316 e. The zero-order valence-electron chi connectivity index (χ0n) is 12.0. The van der Waals surface area contributed by atoms with Crippen LogP contribution in [0.1, 0.15) is 0 Å². The van der Waals surface area contributed by atoms with Crippen LogP contribution in [0.15, 0.2) is 27.8 Å². The normalized spacial score (nSPS) is 12.2. The summed E-state index contributed by atoms with van der Waals surface area (Å²) in [6.45, 7) is -0.145. The summed E-state index contributed by atoms with van der Waals surface area (Å²) in [5, 5.41) is 0. The van der Waals surface area contributed by atoms with Crippen molar-refractivity contribution in [3.63, 3.8) is 0 Å². The Labute approximate surface area is 125 Å². The molecule has 0 aliphatic heterocycles. The predicted molar refractivity (Wildman–Crippen MR) is 79.4 cm³/mol. The Hall–Kier alpha value is -2.04. The molecule has 0 saturated carbocycles. The van der Waals surface area contributed by atoms with Crippen molar-refractivity contribution in [3.8, 4) is 0 Å². The Bertz CT molecular complexity index is 917. The second-order valence-corrected chi connectivity index (χ2v) is 6.72. The molecule has 0 saturated heterocycles. The Morgan fingerprint density at radius 1 is 1.32 bits per heavy atom. The van der Waals surface area contributed by atoms with Crippen LogP contribution in [0.4, 0.5) is 4.39 Å². The Morgan fingerprint density at radius 3 is 2.64 bits per heavy atom. The van der Waals surface area contributed by atoms with Crippen LogP contribution in [0, 0.1) is 5.82 Å². The number of rotatable bonds is 5. The number of benzene rings is 1. The van der Waals surface area contributed by atoms with Crippen molar-refractivity contribution in [2.75, 3.05) is 20.6 Å². The number of halogens is 1. The van der Waals surface area contributed by atoms with Gasteiger partial charge < -0.3 is 9.55 Å². The van der Waals surface area contributed by atoms with Crippen molar-refractivity contribution in [1.82, 2.24) is 18.6 Å². The van der Waals surface area contributed by atoms with Crippen molar-refractivity contribution in [3.05, 3.63) is 44.7 Å². The first-order valence-electron chi connectivity index (χ1n) is 6.32. The lowest BCUT2D eigenvalue weighted by atomic mass is 10.3. The fourth-order valence-electron chi connectivity index (χ4n) is 1.89. The Kier molecular flexibility index (Phi) is 4.44. The molecule has 2 rings (SSSR count). The molecule has 0 aliphatic carbocycles. The molecule has 0 bridgehead atoms. The minimum atomic E-state index is -3.63. The average Bonchev–Trinajstić information content (AvgIpc) is 2.42. The third-order valence-corrected chi connectivity index (χ3v) is 4.57. The zero-order chi connectivity index (χ0) is 16.5. The fourth-order valence-corrected chi connectivity index (χ4v) is 2.50. The first kappa shape index (κ1) is 16.3. The van der Waals surface area contributed by atoms with E-state index in [0.29, 0.717) is 5.52 Å². The molecular weight excluding hydrogens is 315 g/mol. The minimum absolute atomic E-state index is 0.0576. The molecule has 0 amide bonds. The third-order valence-electron chi connectivity index (χ3n) is 3.04. The van der Waals surface area contributed by atoms with Gasteiger partial charge in [0.1, 0.15) is 5.82 Å². The summed E-state index contributed by atoms with van der Waals surface area (Å²) < 4.78 is 40.7. The van der Waals surface area contributed by atoms with Crippen LogP contribution in [0.25, 0.3) is 11.0 Å². The van der Waals surface area contributed by atoms with E-state index in [0.717, 1.165) is 21.0 Å². The Balaban J connectivity index is 2.37. The standard InChI is InChI=1S/C12H15FN4O4S/c1-16(2)22(20,21)14-5-6-17-10-4-3-8(13)7-9(10)15-11(18)12(17)19/h3-4,7,14H,5-6H2,1-2H3,(H,15,18). The van der Waals surface area contributed by atoms with E-state index in [-0.39, 0.29) is 18.6 Å². The molecule has 2 N–H and O–H groups in total. The van der Waals surface area contributed by atoms with E-state index in [2.05, 4.69) is 9.71 Å². The van der Waals surface area contributed by atoms with E-state index in [1.54, 1.807) is 0 Å². The van der Waals surface area contributed by atoms with Gasteiger partial charge in [-0.25, -0.2) is 9.11 Å². The van der Waals surface area contributed by atoms with Gasteiger partial charge in [-0.3, -0.25) is 9.59 Å². The topological polar surface area (TPSA) is 104 Å². The fraction of sp³-hybridized carbons (Fsp3) is 0.333. The molecule has 0 fully saturated rings. The number of H-pyrrole nitrogens is 1. The van der Waals surface area contributed by atoms with Crippen LogP contribution >= 0.6 is 0 Å². The molecular formula is C12H15FN4O4S. The second-order valence-electron chi connectivity index (χ2n) is 4.75. The molecule has 10 heteroatoms. The summed E-state index contributed by atoms with van der Waals surface area (Å²) in [4.78, 5) is 25.8. The minimum Gasteiger partial charge on any atom is -0.316 e. The van der Waals surface area contributed by atoms with Gasteiger partial charge in [-0.1, -0.05) is 0 Å². The highest BCUT2D eigenvalue weighted by Gasteiger charge is 2.13. The van der Waals surface area contributed by atoms with E-state index >= 15 is 0 Å². The van der Waals surface area contributed by atoms with Gasteiger partial charge in [0.2, 0.25) is 0 Å². The predicted octanol–water partition coefficient (Wildman–Crippen LogP) is -0.775. The zero-order valence-corrected chi connectivity index (χ0v) is 12.8. The SMILES string of the molecule is CN(C)S(=O)(=O)NCCn1c(=O)c(=O)[nH]c2cc(F)ccc21. The molecule has 0 unspecified atom stereocenters. The molecule has 0 spiro atoms. The van der Waals surface area contributed by atoms with Gasteiger partial charge in [0.25, 0.3) is 10.2 Å². The quantitative estimate of drug-likeness (QED) is 0.702. The van der Waals surface area contributed by atoms with E-state index in [9.17, 15) is 22.4 Å². The lowest BCUT2D eigenvalue weighted by Gasteiger charge is -2.14. The van der Waals surface area contributed by atoms with Gasteiger partial charge in [0.15, 0.2) is 0 Å². The lowest BCUT2D eigenvalue weighted by Crippen LogP contribution is -2.41. The maximum atomic E-state index is 13.2.